The average Bonchev–Trinajstić information content (AvgIpc) is 2.72. The van der Waals surface area contributed by atoms with Crippen LogP contribution in [0.25, 0.3) is 0 Å². The van der Waals surface area contributed by atoms with Crippen molar-refractivity contribution < 1.29 is 23.8 Å². The second-order valence-corrected chi connectivity index (χ2v) is 7.53. The average molecular weight is 408 g/mol. The van der Waals surface area contributed by atoms with Gasteiger partial charge in [0.15, 0.2) is 0 Å². The number of unbranched alkanes of at least 4 members (excludes halogenated alkanes) is 2. The summed E-state index contributed by atoms with van der Waals surface area (Å²) in [6, 6.07) is 5.01. The number of ether oxygens (including phenoxy) is 3. The van der Waals surface area contributed by atoms with Crippen LogP contribution in [0.4, 0.5) is 5.69 Å². The minimum Gasteiger partial charge on any atom is -0.490 e. The quantitative estimate of drug-likeness (QED) is 0.352. The number of anilines is 1. The summed E-state index contributed by atoms with van der Waals surface area (Å²) in [4.78, 5) is 25.2. The topological polar surface area (TPSA) is 73.9 Å². The first kappa shape index (κ1) is 25.0. The Labute approximate surface area is 175 Å². The Kier molecular flexibility index (Phi) is 10.7. The van der Waals surface area contributed by atoms with Gasteiger partial charge in [0.05, 0.1) is 13.2 Å². The number of esters is 1. The second kappa shape index (κ2) is 12.5. The van der Waals surface area contributed by atoms with Gasteiger partial charge in [-0.3, -0.25) is 4.79 Å². The van der Waals surface area contributed by atoms with Gasteiger partial charge in [-0.15, -0.1) is 0 Å². The molecular weight excluding hydrogens is 370 g/mol. The first-order valence-corrected chi connectivity index (χ1v) is 10.7. The molecule has 0 aliphatic rings. The van der Waals surface area contributed by atoms with Crippen LogP contribution in [0.15, 0.2) is 18.2 Å². The zero-order valence-corrected chi connectivity index (χ0v) is 18.8. The largest absolute Gasteiger partial charge is 0.490 e. The maximum absolute atomic E-state index is 13.0. The van der Waals surface area contributed by atoms with Gasteiger partial charge in [-0.1, -0.05) is 40.0 Å². The van der Waals surface area contributed by atoms with Gasteiger partial charge in [0.1, 0.15) is 16.9 Å². The third kappa shape index (κ3) is 7.69. The number of carbonyl (C=O) groups excluding carboxylic acids is 2. The van der Waals surface area contributed by atoms with Crippen molar-refractivity contribution in [1.82, 2.24) is 0 Å². The van der Waals surface area contributed by atoms with E-state index in [-0.39, 0.29) is 17.6 Å². The first-order chi connectivity index (χ1) is 13.8. The predicted molar refractivity (Wildman–Crippen MR) is 116 cm³/mol. The number of carbonyl (C=O) groups is 2. The summed E-state index contributed by atoms with van der Waals surface area (Å²) in [5.74, 6) is -0.280. The van der Waals surface area contributed by atoms with Gasteiger partial charge in [0.2, 0.25) is 0 Å². The van der Waals surface area contributed by atoms with Crippen LogP contribution >= 0.6 is 0 Å². The fourth-order valence-electron chi connectivity index (χ4n) is 2.83. The van der Waals surface area contributed by atoms with Crippen LogP contribution in [0.3, 0.4) is 0 Å². The van der Waals surface area contributed by atoms with Crippen LogP contribution in [0.5, 0.6) is 5.75 Å². The zero-order chi connectivity index (χ0) is 21.9. The Morgan fingerprint density at radius 3 is 2.45 bits per heavy atom. The van der Waals surface area contributed by atoms with Crippen LogP contribution in [0.1, 0.15) is 83.5 Å². The molecule has 1 aromatic carbocycles. The molecule has 6 nitrogen and oxygen atoms in total. The lowest BCUT2D eigenvalue weighted by Crippen LogP contribution is -2.43. The van der Waals surface area contributed by atoms with Crippen molar-refractivity contribution in [3.63, 3.8) is 0 Å². The summed E-state index contributed by atoms with van der Waals surface area (Å²) in [5, 5.41) is 2.90. The van der Waals surface area contributed by atoms with E-state index in [4.69, 9.17) is 14.2 Å². The van der Waals surface area contributed by atoms with E-state index in [1.54, 1.807) is 18.2 Å². The SMILES string of the molecule is CCCCC[C@@](C)(OCCC)C(=O)Nc1ccc(O[C@H](C)CC)c(C(=O)OC)c1. The van der Waals surface area contributed by atoms with E-state index in [0.717, 1.165) is 32.1 Å². The highest BCUT2D eigenvalue weighted by Crippen LogP contribution is 2.27. The van der Waals surface area contributed by atoms with Gasteiger partial charge in [0, 0.05) is 12.3 Å². The Balaban J connectivity index is 3.06. The zero-order valence-electron chi connectivity index (χ0n) is 18.8. The Morgan fingerprint density at radius 1 is 1.14 bits per heavy atom. The van der Waals surface area contributed by atoms with E-state index < -0.39 is 11.6 Å². The van der Waals surface area contributed by atoms with Crippen LogP contribution < -0.4 is 10.1 Å². The molecule has 0 aliphatic carbocycles. The molecule has 0 aromatic heterocycles. The molecule has 0 fully saturated rings. The number of methoxy groups -OCH3 is 1. The van der Waals surface area contributed by atoms with Gasteiger partial charge in [0.25, 0.3) is 5.91 Å². The molecule has 29 heavy (non-hydrogen) atoms. The lowest BCUT2D eigenvalue weighted by atomic mass is 9.96. The van der Waals surface area contributed by atoms with Crippen molar-refractivity contribution in [1.29, 1.82) is 0 Å². The minimum absolute atomic E-state index is 0.0388. The Hall–Kier alpha value is -2.08. The number of hydrogen-bond acceptors (Lipinski definition) is 5. The third-order valence-corrected chi connectivity index (χ3v) is 4.91. The highest BCUT2D eigenvalue weighted by Gasteiger charge is 2.33. The van der Waals surface area contributed by atoms with Crippen molar-refractivity contribution in [2.45, 2.75) is 84.8 Å². The molecule has 0 heterocycles. The van der Waals surface area contributed by atoms with Crippen LogP contribution in [-0.4, -0.2) is 37.3 Å². The Bertz CT molecular complexity index is 661. The molecule has 6 heteroatoms. The van der Waals surface area contributed by atoms with Gasteiger partial charge in [-0.2, -0.15) is 0 Å². The second-order valence-electron chi connectivity index (χ2n) is 7.53. The molecular formula is C23H37NO5. The highest BCUT2D eigenvalue weighted by atomic mass is 16.5. The summed E-state index contributed by atoms with van der Waals surface area (Å²) in [7, 11) is 1.32. The molecule has 0 radical (unpaired) electrons. The maximum atomic E-state index is 13.0. The molecule has 0 bridgehead atoms. The molecule has 2 atom stereocenters. The fraction of sp³-hybridized carbons (Fsp3) is 0.652. The smallest absolute Gasteiger partial charge is 0.341 e. The number of benzene rings is 1. The van der Waals surface area contributed by atoms with E-state index in [1.165, 1.54) is 7.11 Å². The van der Waals surface area contributed by atoms with Gasteiger partial charge < -0.3 is 19.5 Å². The summed E-state index contributed by atoms with van der Waals surface area (Å²) in [6.45, 7) is 10.4. The van der Waals surface area contributed by atoms with E-state index in [9.17, 15) is 9.59 Å². The fourth-order valence-corrected chi connectivity index (χ4v) is 2.83. The summed E-state index contributed by atoms with van der Waals surface area (Å²) in [6.07, 6.45) is 5.29. The normalized spacial score (nSPS) is 14.0. The van der Waals surface area contributed by atoms with E-state index in [0.29, 0.717) is 24.5 Å². The lowest BCUT2D eigenvalue weighted by Gasteiger charge is -2.29. The summed E-state index contributed by atoms with van der Waals surface area (Å²) in [5.41, 5.74) is -0.121. The van der Waals surface area contributed by atoms with E-state index in [1.807, 2.05) is 27.7 Å². The summed E-state index contributed by atoms with van der Waals surface area (Å²) < 4.78 is 16.6. The number of amides is 1. The molecule has 1 amide bonds. The van der Waals surface area contributed by atoms with Crippen LogP contribution in [-0.2, 0) is 14.3 Å². The van der Waals surface area contributed by atoms with Crippen LogP contribution in [0, 0.1) is 0 Å². The molecule has 1 aromatic rings. The number of hydrogen-bond donors (Lipinski definition) is 1. The van der Waals surface area contributed by atoms with Crippen molar-refractivity contribution in [2.24, 2.45) is 0 Å². The monoisotopic (exact) mass is 407 g/mol. The Morgan fingerprint density at radius 2 is 1.86 bits per heavy atom. The molecule has 1 rings (SSSR count). The minimum atomic E-state index is -0.914. The maximum Gasteiger partial charge on any atom is 0.341 e. The molecule has 0 unspecified atom stereocenters. The number of nitrogens with one attached hydrogen (secondary N) is 1. The van der Waals surface area contributed by atoms with Crippen molar-refractivity contribution in [3.8, 4) is 5.75 Å². The van der Waals surface area contributed by atoms with Crippen molar-refractivity contribution in [3.05, 3.63) is 23.8 Å². The number of rotatable bonds is 13. The molecule has 164 valence electrons. The van der Waals surface area contributed by atoms with E-state index in [2.05, 4.69) is 12.2 Å². The lowest BCUT2D eigenvalue weighted by molar-refractivity contribution is -0.140. The van der Waals surface area contributed by atoms with Crippen molar-refractivity contribution in [2.75, 3.05) is 19.0 Å². The predicted octanol–water partition coefficient (Wildman–Crippen LogP) is 5.35. The van der Waals surface area contributed by atoms with Gasteiger partial charge in [-0.25, -0.2) is 4.79 Å². The third-order valence-electron chi connectivity index (χ3n) is 4.91. The molecule has 1 N–H and O–H groups in total. The standard InChI is InChI=1S/C23H37NO5/c1-7-10-11-14-23(5,28-15-8-2)22(26)24-18-12-13-20(29-17(4)9-3)19(16-18)21(25)27-6/h12-13,16-17H,7-11,14-15H2,1-6H3,(H,24,26)/t17-,23-/m1/s1. The van der Waals surface area contributed by atoms with E-state index >= 15 is 0 Å². The molecule has 0 aliphatic heterocycles. The molecule has 0 saturated carbocycles. The van der Waals surface area contributed by atoms with Crippen LogP contribution in [0.2, 0.25) is 0 Å². The summed E-state index contributed by atoms with van der Waals surface area (Å²) >= 11 is 0. The molecule has 0 saturated heterocycles. The molecule has 0 spiro atoms. The first-order valence-electron chi connectivity index (χ1n) is 10.7. The van der Waals surface area contributed by atoms with Gasteiger partial charge in [-0.05, 0) is 51.3 Å². The van der Waals surface area contributed by atoms with Crippen molar-refractivity contribution >= 4 is 17.6 Å². The highest BCUT2D eigenvalue weighted by molar-refractivity contribution is 5.99. The van der Waals surface area contributed by atoms with Gasteiger partial charge >= 0.3 is 5.97 Å².